The molecular weight excluding hydrogens is 827 g/mol. The fraction of sp³-hybridized carbons (Fsp3) is 0.0500. The smallest absolute Gasteiger partial charge is 0.164 e. The summed E-state index contributed by atoms with van der Waals surface area (Å²) < 4.78 is 15.4. The van der Waals surface area contributed by atoms with Crippen LogP contribution >= 0.6 is 11.3 Å². The normalized spacial score (nSPS) is 13.1. The first-order chi connectivity index (χ1) is 32.4. The summed E-state index contributed by atoms with van der Waals surface area (Å²) in [5.74, 6) is 1.74. The lowest BCUT2D eigenvalue weighted by atomic mass is 9.81. The minimum absolute atomic E-state index is 0.0512. The van der Waals surface area contributed by atoms with E-state index in [0.717, 1.165) is 71.7 Å². The van der Waals surface area contributed by atoms with Crippen LogP contribution in [0.1, 0.15) is 25.0 Å². The summed E-state index contributed by atoms with van der Waals surface area (Å²) in [5, 5.41) is 6.36. The van der Waals surface area contributed by atoms with Crippen molar-refractivity contribution in [3.8, 4) is 67.5 Å². The first-order valence-electron chi connectivity index (χ1n) is 22.3. The predicted octanol–water partition coefficient (Wildman–Crippen LogP) is 16.7. The van der Waals surface area contributed by atoms with Crippen LogP contribution in [0.3, 0.4) is 0 Å². The van der Waals surface area contributed by atoms with Crippen molar-refractivity contribution in [2.24, 2.45) is 0 Å². The van der Waals surface area contributed by atoms with Gasteiger partial charge in [-0.2, -0.15) is 0 Å². The number of nitrogens with zero attached hydrogens (tertiary/aromatic N) is 3. The largest absolute Gasteiger partial charge is 0.456 e. The molecule has 4 aromatic heterocycles. The highest BCUT2D eigenvalue weighted by atomic mass is 32.1. The zero-order chi connectivity index (χ0) is 43.7. The van der Waals surface area contributed by atoms with E-state index in [9.17, 15) is 0 Å². The molecule has 5 nitrogen and oxygen atoms in total. The molecule has 0 saturated heterocycles. The summed E-state index contributed by atoms with van der Waals surface area (Å²) in [7, 11) is 0. The molecule has 0 radical (unpaired) electrons. The summed E-state index contributed by atoms with van der Waals surface area (Å²) in [5.41, 5.74) is 15.9. The molecule has 66 heavy (non-hydrogen) atoms. The zero-order valence-corrected chi connectivity index (χ0v) is 36.8. The molecule has 0 saturated carbocycles. The van der Waals surface area contributed by atoms with Crippen molar-refractivity contribution in [3.63, 3.8) is 0 Å². The third-order valence-electron chi connectivity index (χ3n) is 13.8. The monoisotopic (exact) mass is 863 g/mol. The second kappa shape index (κ2) is 13.9. The van der Waals surface area contributed by atoms with Gasteiger partial charge in [0.15, 0.2) is 17.5 Å². The van der Waals surface area contributed by atoms with Crippen LogP contribution in [0.4, 0.5) is 0 Å². The fourth-order valence-corrected chi connectivity index (χ4v) is 11.6. The summed E-state index contributed by atoms with van der Waals surface area (Å²) in [6.45, 7) is 4.67. The average molecular weight is 864 g/mol. The van der Waals surface area contributed by atoms with Gasteiger partial charge in [-0.1, -0.05) is 141 Å². The van der Waals surface area contributed by atoms with Gasteiger partial charge < -0.3 is 8.83 Å². The lowest BCUT2D eigenvalue weighted by molar-refractivity contribution is 0.660. The maximum atomic E-state index is 6.58. The molecule has 0 N–H and O–H groups in total. The van der Waals surface area contributed by atoms with Crippen LogP contribution in [0.25, 0.3) is 132 Å². The van der Waals surface area contributed by atoms with E-state index in [2.05, 4.69) is 159 Å². The molecule has 0 unspecified atom stereocenters. The second-order valence-corrected chi connectivity index (χ2v) is 19.0. The Bertz CT molecular complexity index is 4150. The van der Waals surface area contributed by atoms with E-state index in [1.807, 2.05) is 42.5 Å². The molecule has 1 aliphatic rings. The Labute approximate surface area is 383 Å². The molecule has 310 valence electrons. The number of thiophene rings is 1. The van der Waals surface area contributed by atoms with E-state index in [1.54, 1.807) is 11.3 Å². The molecule has 0 amide bonds. The molecule has 4 heterocycles. The molecule has 0 spiro atoms. The number of para-hydroxylation sites is 1. The Balaban J connectivity index is 0.910. The minimum Gasteiger partial charge on any atom is -0.456 e. The van der Waals surface area contributed by atoms with E-state index in [4.69, 9.17) is 23.8 Å². The Morgan fingerprint density at radius 3 is 1.64 bits per heavy atom. The van der Waals surface area contributed by atoms with Gasteiger partial charge in [-0.3, -0.25) is 0 Å². The van der Waals surface area contributed by atoms with Gasteiger partial charge in [0.2, 0.25) is 0 Å². The average Bonchev–Trinajstić information content (AvgIpc) is 4.11. The minimum atomic E-state index is -0.0512. The second-order valence-electron chi connectivity index (χ2n) is 17.9. The Kier molecular flexibility index (Phi) is 7.84. The first kappa shape index (κ1) is 37.2. The number of hydrogen-bond acceptors (Lipinski definition) is 6. The molecule has 13 aromatic rings. The highest BCUT2D eigenvalue weighted by Crippen LogP contribution is 2.50. The number of rotatable bonds is 5. The quantitative estimate of drug-likeness (QED) is 0.172. The standard InChI is InChI=1S/C60H37N3O2S/c1-60(2)47-16-6-3-11-39(47)40-28-25-37(33-48(40)60)35-23-21-34(22-24-35)36-26-29-50-46(31-36)56-44(15-10-19-52(56)65-50)59-62-57(38-27-30-54-45(32-38)41-12-5-8-20-53(41)66-54)61-58(63-59)43-14-9-18-51-55(43)42-13-4-7-17-49(42)64-51/h3-33H,1-2H3. The number of furan rings is 2. The molecule has 9 aromatic carbocycles. The van der Waals surface area contributed by atoms with Gasteiger partial charge in [-0.05, 0) is 105 Å². The van der Waals surface area contributed by atoms with Crippen LogP contribution in [0.2, 0.25) is 0 Å². The molecule has 14 rings (SSSR count). The summed E-state index contributed by atoms with van der Waals surface area (Å²) in [4.78, 5) is 15.9. The van der Waals surface area contributed by atoms with Crippen LogP contribution in [-0.2, 0) is 5.41 Å². The molecule has 0 fully saturated rings. The van der Waals surface area contributed by atoms with E-state index in [0.29, 0.717) is 17.5 Å². The van der Waals surface area contributed by atoms with Gasteiger partial charge >= 0.3 is 0 Å². The Morgan fingerprint density at radius 2 is 0.864 bits per heavy atom. The molecule has 0 bridgehead atoms. The van der Waals surface area contributed by atoms with Crippen molar-refractivity contribution < 1.29 is 8.83 Å². The van der Waals surface area contributed by atoms with Crippen molar-refractivity contribution in [1.82, 2.24) is 15.0 Å². The molecule has 1 aliphatic carbocycles. The van der Waals surface area contributed by atoms with Gasteiger partial charge in [0, 0.05) is 63.8 Å². The van der Waals surface area contributed by atoms with Gasteiger partial charge in [-0.15, -0.1) is 11.3 Å². The topological polar surface area (TPSA) is 65.0 Å². The molecular formula is C60H37N3O2S. The van der Waals surface area contributed by atoms with E-state index in [1.165, 1.54) is 53.6 Å². The van der Waals surface area contributed by atoms with Gasteiger partial charge in [-0.25, -0.2) is 15.0 Å². The van der Waals surface area contributed by atoms with E-state index in [-0.39, 0.29) is 5.41 Å². The van der Waals surface area contributed by atoms with Crippen molar-refractivity contribution >= 4 is 75.4 Å². The lowest BCUT2D eigenvalue weighted by Crippen LogP contribution is -2.14. The molecule has 6 heteroatoms. The number of fused-ring (bicyclic) bond motifs is 12. The summed E-state index contributed by atoms with van der Waals surface area (Å²) in [6, 6.07) is 66.6. The van der Waals surface area contributed by atoms with E-state index < -0.39 is 0 Å². The van der Waals surface area contributed by atoms with Gasteiger partial charge in [0.25, 0.3) is 0 Å². The fourth-order valence-electron chi connectivity index (χ4n) is 10.5. The maximum absolute atomic E-state index is 6.58. The third-order valence-corrected chi connectivity index (χ3v) is 14.9. The number of aromatic nitrogens is 3. The van der Waals surface area contributed by atoms with Crippen molar-refractivity contribution in [1.29, 1.82) is 0 Å². The predicted molar refractivity (Wildman–Crippen MR) is 272 cm³/mol. The number of benzene rings is 9. The zero-order valence-electron chi connectivity index (χ0n) is 36.0. The van der Waals surface area contributed by atoms with Gasteiger partial charge in [0.1, 0.15) is 22.3 Å². The summed E-state index contributed by atoms with van der Waals surface area (Å²) in [6.07, 6.45) is 0. The first-order valence-corrected chi connectivity index (χ1v) is 23.1. The van der Waals surface area contributed by atoms with Crippen LogP contribution < -0.4 is 0 Å². The third kappa shape index (κ3) is 5.55. The molecule has 0 atom stereocenters. The summed E-state index contributed by atoms with van der Waals surface area (Å²) >= 11 is 1.80. The van der Waals surface area contributed by atoms with Crippen molar-refractivity contribution in [3.05, 3.63) is 199 Å². The van der Waals surface area contributed by atoms with Crippen molar-refractivity contribution in [2.45, 2.75) is 19.3 Å². The highest BCUT2D eigenvalue weighted by molar-refractivity contribution is 7.25. The van der Waals surface area contributed by atoms with Gasteiger partial charge in [0.05, 0.1) is 0 Å². The lowest BCUT2D eigenvalue weighted by Gasteiger charge is -2.22. The van der Waals surface area contributed by atoms with Crippen LogP contribution in [0, 0.1) is 0 Å². The molecule has 0 aliphatic heterocycles. The van der Waals surface area contributed by atoms with Crippen LogP contribution in [0.5, 0.6) is 0 Å². The highest BCUT2D eigenvalue weighted by Gasteiger charge is 2.35. The van der Waals surface area contributed by atoms with E-state index >= 15 is 0 Å². The number of hydrogen-bond donors (Lipinski definition) is 0. The van der Waals surface area contributed by atoms with Crippen molar-refractivity contribution in [2.75, 3.05) is 0 Å². The van der Waals surface area contributed by atoms with Crippen LogP contribution in [0.15, 0.2) is 197 Å². The van der Waals surface area contributed by atoms with Crippen LogP contribution in [-0.4, -0.2) is 15.0 Å². The maximum Gasteiger partial charge on any atom is 0.164 e. The Hall–Kier alpha value is -8.19. The Morgan fingerprint density at radius 1 is 0.348 bits per heavy atom. The SMILES string of the molecule is CC1(C)c2ccccc2-c2ccc(-c3ccc(-c4ccc5oc6cccc(-c7nc(-c8ccc9sc%10ccccc%10c9c8)nc(-c8cccc9oc%10ccccc%10c89)n7)c6c5c4)cc3)cc21.